The minimum absolute atomic E-state index is 0.315. The van der Waals surface area contributed by atoms with Crippen LogP contribution in [0.4, 0.5) is 5.69 Å². The minimum Gasteiger partial charge on any atom is -0.465 e. The fourth-order valence-electron chi connectivity index (χ4n) is 2.62. The Bertz CT molecular complexity index is 955. The van der Waals surface area contributed by atoms with E-state index >= 15 is 0 Å². The van der Waals surface area contributed by atoms with Crippen LogP contribution in [0.5, 0.6) is 0 Å². The van der Waals surface area contributed by atoms with Crippen LogP contribution in [0.2, 0.25) is 0 Å². The Morgan fingerprint density at radius 2 is 1.64 bits per heavy atom. The van der Waals surface area contributed by atoms with Crippen LogP contribution in [0.15, 0.2) is 72.8 Å². The number of rotatable bonds is 4. The highest BCUT2D eigenvalue weighted by molar-refractivity contribution is 6.07. The van der Waals surface area contributed by atoms with Gasteiger partial charge in [0.1, 0.15) is 0 Å². The second kappa shape index (κ2) is 7.45. The summed E-state index contributed by atoms with van der Waals surface area (Å²) in [5, 5.41) is 4.90. The first-order valence-electron chi connectivity index (χ1n) is 7.83. The number of amides is 1. The molecule has 0 saturated carbocycles. The van der Waals surface area contributed by atoms with Gasteiger partial charge in [-0.3, -0.25) is 4.79 Å². The first kappa shape index (κ1) is 16.5. The number of hydrogen-bond donors (Lipinski definition) is 1. The van der Waals surface area contributed by atoms with Crippen LogP contribution < -0.4 is 5.32 Å². The fourth-order valence-corrected chi connectivity index (χ4v) is 2.62. The highest BCUT2D eigenvalue weighted by Gasteiger charge is 2.12. The lowest BCUT2D eigenvalue weighted by Gasteiger charge is -2.08. The lowest BCUT2D eigenvalue weighted by molar-refractivity contribution is -0.111. The maximum atomic E-state index is 12.2. The van der Waals surface area contributed by atoms with Crippen molar-refractivity contribution in [3.63, 3.8) is 0 Å². The van der Waals surface area contributed by atoms with Gasteiger partial charge in [-0.05, 0) is 34.5 Å². The van der Waals surface area contributed by atoms with E-state index in [1.165, 1.54) is 13.2 Å². The number of fused-ring (bicyclic) bond motifs is 1. The van der Waals surface area contributed by atoms with E-state index in [0.717, 1.165) is 16.3 Å². The standard InChI is InChI=1S/C21H17NO3/c1-25-21(24)18-11-4-5-12-19(18)22-20(23)14-13-16-9-6-8-15-7-2-3-10-17(15)16/h2-14H,1H3,(H,22,23)/b14-13+. The minimum atomic E-state index is -0.492. The van der Waals surface area contributed by atoms with Gasteiger partial charge in [0.15, 0.2) is 0 Å². The van der Waals surface area contributed by atoms with Crippen LogP contribution in [0.25, 0.3) is 16.8 Å². The Kier molecular flexibility index (Phi) is 4.90. The summed E-state index contributed by atoms with van der Waals surface area (Å²) in [6.45, 7) is 0. The van der Waals surface area contributed by atoms with Crippen LogP contribution in [0.1, 0.15) is 15.9 Å². The highest BCUT2D eigenvalue weighted by atomic mass is 16.5. The third kappa shape index (κ3) is 3.75. The van der Waals surface area contributed by atoms with Crippen molar-refractivity contribution in [1.82, 2.24) is 0 Å². The van der Waals surface area contributed by atoms with Crippen molar-refractivity contribution in [3.8, 4) is 0 Å². The zero-order valence-electron chi connectivity index (χ0n) is 13.7. The van der Waals surface area contributed by atoms with Crippen LogP contribution in [-0.2, 0) is 9.53 Å². The number of carbonyl (C=O) groups excluding carboxylic acids is 2. The molecule has 0 fully saturated rings. The summed E-state index contributed by atoms with van der Waals surface area (Å²) in [6, 6.07) is 20.6. The van der Waals surface area contributed by atoms with Crippen LogP contribution in [0, 0.1) is 0 Å². The molecule has 1 amide bonds. The van der Waals surface area contributed by atoms with Gasteiger partial charge in [0.2, 0.25) is 5.91 Å². The molecule has 0 spiro atoms. The van der Waals surface area contributed by atoms with Crippen LogP contribution >= 0.6 is 0 Å². The van der Waals surface area contributed by atoms with Crippen molar-refractivity contribution < 1.29 is 14.3 Å². The molecule has 0 aliphatic carbocycles. The molecule has 0 unspecified atom stereocenters. The molecule has 0 aliphatic heterocycles. The van der Waals surface area contributed by atoms with E-state index < -0.39 is 5.97 Å². The van der Waals surface area contributed by atoms with Gasteiger partial charge in [-0.25, -0.2) is 4.79 Å². The largest absolute Gasteiger partial charge is 0.465 e. The monoisotopic (exact) mass is 331 g/mol. The average molecular weight is 331 g/mol. The lowest BCUT2D eigenvalue weighted by atomic mass is 10.0. The third-order valence-electron chi connectivity index (χ3n) is 3.83. The predicted octanol–water partition coefficient (Wildman–Crippen LogP) is 4.28. The Hall–Kier alpha value is -3.40. The number of benzene rings is 3. The van der Waals surface area contributed by atoms with Crippen molar-refractivity contribution in [3.05, 3.63) is 83.9 Å². The molecule has 0 radical (unpaired) electrons. The highest BCUT2D eigenvalue weighted by Crippen LogP contribution is 2.20. The molecule has 1 N–H and O–H groups in total. The molecule has 3 aromatic rings. The van der Waals surface area contributed by atoms with E-state index in [1.54, 1.807) is 30.3 Å². The number of hydrogen-bond acceptors (Lipinski definition) is 3. The summed E-state index contributed by atoms with van der Waals surface area (Å²) in [5.74, 6) is -0.807. The topological polar surface area (TPSA) is 55.4 Å². The zero-order chi connectivity index (χ0) is 17.6. The molecule has 4 nitrogen and oxygen atoms in total. The Morgan fingerprint density at radius 1 is 0.920 bits per heavy atom. The molecule has 0 heterocycles. The maximum Gasteiger partial charge on any atom is 0.339 e. The molecule has 4 heteroatoms. The average Bonchev–Trinajstić information content (AvgIpc) is 2.66. The molecule has 3 aromatic carbocycles. The number of nitrogens with one attached hydrogen (secondary N) is 1. The van der Waals surface area contributed by atoms with Gasteiger partial charge in [-0.15, -0.1) is 0 Å². The van der Waals surface area contributed by atoms with Crippen molar-refractivity contribution in [2.24, 2.45) is 0 Å². The van der Waals surface area contributed by atoms with Crippen molar-refractivity contribution in [2.75, 3.05) is 12.4 Å². The predicted molar refractivity (Wildman–Crippen MR) is 99.4 cm³/mol. The summed E-state index contributed by atoms with van der Waals surface area (Å²) >= 11 is 0. The molecular formula is C21H17NO3. The van der Waals surface area contributed by atoms with E-state index in [2.05, 4.69) is 5.32 Å². The second-order valence-electron chi connectivity index (χ2n) is 5.43. The smallest absolute Gasteiger partial charge is 0.339 e. The Balaban J connectivity index is 1.81. The number of ether oxygens (including phenoxy) is 1. The van der Waals surface area contributed by atoms with Gasteiger partial charge < -0.3 is 10.1 Å². The lowest BCUT2D eigenvalue weighted by Crippen LogP contribution is -2.12. The maximum absolute atomic E-state index is 12.2. The number of carbonyl (C=O) groups is 2. The molecule has 25 heavy (non-hydrogen) atoms. The fraction of sp³-hybridized carbons (Fsp3) is 0.0476. The number of para-hydroxylation sites is 1. The van der Waals surface area contributed by atoms with Crippen molar-refractivity contribution >= 4 is 34.4 Å². The molecular weight excluding hydrogens is 314 g/mol. The number of methoxy groups -OCH3 is 1. The normalized spacial score (nSPS) is 10.8. The summed E-state index contributed by atoms with van der Waals surface area (Å²) in [6.07, 6.45) is 3.22. The molecule has 124 valence electrons. The van der Waals surface area contributed by atoms with Gasteiger partial charge in [0, 0.05) is 6.08 Å². The molecule has 0 aromatic heterocycles. The summed E-state index contributed by atoms with van der Waals surface area (Å²) in [7, 11) is 1.31. The van der Waals surface area contributed by atoms with Crippen molar-refractivity contribution in [2.45, 2.75) is 0 Å². The SMILES string of the molecule is COC(=O)c1ccccc1NC(=O)/C=C/c1cccc2ccccc12. The molecule has 0 aliphatic rings. The van der Waals surface area contributed by atoms with Gasteiger partial charge >= 0.3 is 5.97 Å². The van der Waals surface area contributed by atoms with E-state index in [-0.39, 0.29) is 5.91 Å². The van der Waals surface area contributed by atoms with E-state index in [9.17, 15) is 9.59 Å². The van der Waals surface area contributed by atoms with Gasteiger partial charge in [0.05, 0.1) is 18.4 Å². The molecule has 0 saturated heterocycles. The first-order valence-corrected chi connectivity index (χ1v) is 7.83. The third-order valence-corrected chi connectivity index (χ3v) is 3.83. The van der Waals surface area contributed by atoms with E-state index in [4.69, 9.17) is 4.74 Å². The van der Waals surface area contributed by atoms with Gasteiger partial charge in [-0.1, -0.05) is 54.6 Å². The molecule has 3 rings (SSSR count). The summed E-state index contributed by atoms with van der Waals surface area (Å²) < 4.78 is 4.73. The second-order valence-corrected chi connectivity index (χ2v) is 5.43. The van der Waals surface area contributed by atoms with E-state index in [0.29, 0.717) is 11.3 Å². The van der Waals surface area contributed by atoms with Crippen LogP contribution in [-0.4, -0.2) is 19.0 Å². The summed E-state index contributed by atoms with van der Waals surface area (Å²) in [5.41, 5.74) is 1.69. The number of anilines is 1. The van der Waals surface area contributed by atoms with E-state index in [1.807, 2.05) is 42.5 Å². The summed E-state index contributed by atoms with van der Waals surface area (Å²) in [4.78, 5) is 24.0. The van der Waals surface area contributed by atoms with Crippen molar-refractivity contribution in [1.29, 1.82) is 0 Å². The number of esters is 1. The Labute approximate surface area is 145 Å². The van der Waals surface area contributed by atoms with Crippen LogP contribution in [0.3, 0.4) is 0 Å². The van der Waals surface area contributed by atoms with Gasteiger partial charge in [0.25, 0.3) is 0 Å². The molecule has 0 atom stereocenters. The van der Waals surface area contributed by atoms with Gasteiger partial charge in [-0.2, -0.15) is 0 Å². The first-order chi connectivity index (χ1) is 12.2. The zero-order valence-corrected chi connectivity index (χ0v) is 13.7. The quantitative estimate of drug-likeness (QED) is 0.573. The molecule has 0 bridgehead atoms. The Morgan fingerprint density at radius 3 is 2.48 bits per heavy atom.